The molecule has 7 heteroatoms. The summed E-state index contributed by atoms with van der Waals surface area (Å²) in [6, 6.07) is 12.7. The number of piperazine rings is 1. The molecule has 0 spiro atoms. The van der Waals surface area contributed by atoms with E-state index in [4.69, 9.17) is 0 Å². The summed E-state index contributed by atoms with van der Waals surface area (Å²) in [5, 5.41) is 12.5. The van der Waals surface area contributed by atoms with Gasteiger partial charge in [-0.25, -0.2) is 9.18 Å². The molecule has 2 N–H and O–H groups in total. The zero-order valence-electron chi connectivity index (χ0n) is 17.9. The molecule has 2 aliphatic heterocycles. The zero-order valence-corrected chi connectivity index (χ0v) is 17.9. The lowest BCUT2D eigenvalue weighted by atomic mass is 9.73. The van der Waals surface area contributed by atoms with Crippen LogP contribution in [0.25, 0.3) is 0 Å². The van der Waals surface area contributed by atoms with Crippen molar-refractivity contribution in [2.45, 2.75) is 37.8 Å². The van der Waals surface area contributed by atoms with Gasteiger partial charge in [-0.15, -0.1) is 0 Å². The molecule has 0 aromatic heterocycles. The molecule has 3 amide bonds. The average molecular weight is 435 g/mol. The first-order chi connectivity index (χ1) is 15.5. The van der Waals surface area contributed by atoms with Crippen LogP contribution in [0.3, 0.4) is 0 Å². The molecule has 2 aliphatic rings. The third kappa shape index (κ3) is 4.19. The van der Waals surface area contributed by atoms with E-state index in [0.29, 0.717) is 6.54 Å². The highest BCUT2D eigenvalue weighted by Crippen LogP contribution is 2.43. The van der Waals surface area contributed by atoms with Crippen LogP contribution in [-0.4, -0.2) is 58.6 Å². The normalized spacial score (nSPS) is 21.8. The van der Waals surface area contributed by atoms with Crippen molar-refractivity contribution in [2.75, 3.05) is 25.0 Å². The number of carbonyl (C=O) groups excluding carboxylic acids is 2. The lowest BCUT2D eigenvalue weighted by Gasteiger charge is -2.58. The summed E-state index contributed by atoms with van der Waals surface area (Å²) in [6.07, 6.45) is 1.86. The number of nitrogens with one attached hydrogen (secondary N) is 1. The number of hydrogen-bond donors (Lipinski definition) is 2. The van der Waals surface area contributed by atoms with Crippen LogP contribution < -0.4 is 5.32 Å². The Labute approximate surface area is 187 Å². The van der Waals surface area contributed by atoms with E-state index in [1.807, 2.05) is 24.3 Å². The van der Waals surface area contributed by atoms with Crippen LogP contribution in [0.1, 0.15) is 36.8 Å². The molecule has 4 rings (SSSR count). The summed E-state index contributed by atoms with van der Waals surface area (Å²) < 4.78 is 13.9. The van der Waals surface area contributed by atoms with Gasteiger partial charge < -0.3 is 20.2 Å². The van der Waals surface area contributed by atoms with Gasteiger partial charge in [0.25, 0.3) is 0 Å². The summed E-state index contributed by atoms with van der Waals surface area (Å²) in [5.74, 6) is 5.41. The Bertz CT molecular complexity index is 1060. The molecule has 2 fully saturated rings. The highest BCUT2D eigenvalue weighted by atomic mass is 19.1. The molecule has 2 aromatic rings. The molecule has 2 saturated heterocycles. The number of para-hydroxylation sites is 1. The summed E-state index contributed by atoms with van der Waals surface area (Å²) in [7, 11) is 0. The van der Waals surface area contributed by atoms with Crippen molar-refractivity contribution in [1.82, 2.24) is 9.80 Å². The molecule has 0 unspecified atom stereocenters. The number of fused-ring (bicyclic) bond motifs is 1. The number of aliphatic hydroxyl groups excluding tert-OH is 1. The van der Waals surface area contributed by atoms with Crippen LogP contribution in [0, 0.1) is 17.7 Å². The Balaban J connectivity index is 1.50. The standard InChI is InChI=1S/C25H26FN3O3/c1-2-3-4-7-17-10-12-18(13-11-17)24-21-14-28(15-23(31)29(21)22(24)16-30)25(32)27-20-9-6-5-8-19(20)26/h5-6,8-13,21-22,24,30H,2-3,14-16H2,1H3,(H,27,32)/t21-,22-,24-/m0/s1. The van der Waals surface area contributed by atoms with E-state index in [2.05, 4.69) is 24.1 Å². The van der Waals surface area contributed by atoms with Gasteiger partial charge in [0.15, 0.2) is 0 Å². The summed E-state index contributed by atoms with van der Waals surface area (Å²) in [5.41, 5.74) is 1.99. The number of carbonyl (C=O) groups is 2. The first-order valence-corrected chi connectivity index (χ1v) is 10.8. The first kappa shape index (κ1) is 21.8. The van der Waals surface area contributed by atoms with Gasteiger partial charge in [-0.1, -0.05) is 43.0 Å². The van der Waals surface area contributed by atoms with Crippen LogP contribution in [-0.2, 0) is 4.79 Å². The minimum atomic E-state index is -0.533. The number of benzene rings is 2. The van der Waals surface area contributed by atoms with E-state index in [1.54, 1.807) is 17.0 Å². The predicted octanol–water partition coefficient (Wildman–Crippen LogP) is 3.18. The summed E-state index contributed by atoms with van der Waals surface area (Å²) >= 11 is 0. The Morgan fingerprint density at radius 3 is 2.66 bits per heavy atom. The Morgan fingerprint density at radius 2 is 1.97 bits per heavy atom. The molecule has 32 heavy (non-hydrogen) atoms. The van der Waals surface area contributed by atoms with Crippen molar-refractivity contribution < 1.29 is 19.1 Å². The Hall–Kier alpha value is -3.37. The molecule has 166 valence electrons. The van der Waals surface area contributed by atoms with Crippen molar-refractivity contribution in [3.8, 4) is 11.8 Å². The molecule has 3 atom stereocenters. The van der Waals surface area contributed by atoms with Gasteiger partial charge in [0.1, 0.15) is 12.4 Å². The minimum absolute atomic E-state index is 0.0746. The van der Waals surface area contributed by atoms with Crippen LogP contribution in [0.4, 0.5) is 14.9 Å². The molecule has 0 bridgehead atoms. The fraction of sp³-hybridized carbons (Fsp3) is 0.360. The van der Waals surface area contributed by atoms with E-state index in [9.17, 15) is 19.1 Å². The van der Waals surface area contributed by atoms with Crippen LogP contribution in [0.2, 0.25) is 0 Å². The molecule has 6 nitrogen and oxygen atoms in total. The molecule has 2 heterocycles. The largest absolute Gasteiger partial charge is 0.394 e. The molecule has 0 aliphatic carbocycles. The number of nitrogens with zero attached hydrogens (tertiary/aromatic N) is 2. The predicted molar refractivity (Wildman–Crippen MR) is 119 cm³/mol. The zero-order chi connectivity index (χ0) is 22.7. The molecule has 0 radical (unpaired) electrons. The molecular weight excluding hydrogens is 409 g/mol. The molecule has 2 aromatic carbocycles. The van der Waals surface area contributed by atoms with Crippen LogP contribution in [0.5, 0.6) is 0 Å². The first-order valence-electron chi connectivity index (χ1n) is 10.8. The summed E-state index contributed by atoms with van der Waals surface area (Å²) in [6.45, 7) is 2.14. The maximum absolute atomic E-state index is 13.9. The van der Waals surface area contributed by atoms with Crippen molar-refractivity contribution in [1.29, 1.82) is 0 Å². The lowest BCUT2D eigenvalue weighted by Crippen LogP contribution is -2.73. The number of halogens is 1. The number of aliphatic hydroxyl groups is 1. The number of urea groups is 1. The monoisotopic (exact) mass is 435 g/mol. The van der Waals surface area contributed by atoms with Gasteiger partial charge in [-0.05, 0) is 36.2 Å². The third-order valence-electron chi connectivity index (χ3n) is 6.06. The highest BCUT2D eigenvalue weighted by Gasteiger charge is 2.54. The smallest absolute Gasteiger partial charge is 0.322 e. The fourth-order valence-corrected chi connectivity index (χ4v) is 4.49. The van der Waals surface area contributed by atoms with E-state index in [-0.39, 0.29) is 42.7 Å². The van der Waals surface area contributed by atoms with E-state index >= 15 is 0 Å². The summed E-state index contributed by atoms with van der Waals surface area (Å²) in [4.78, 5) is 28.5. The SMILES string of the molecule is CCCC#Cc1ccc([C@@H]2[C@H](CO)N3C(=O)CN(C(=O)Nc4ccccc4F)C[C@@H]23)cc1. The quantitative estimate of drug-likeness (QED) is 0.725. The Morgan fingerprint density at radius 1 is 1.22 bits per heavy atom. The number of anilines is 1. The number of hydrogen-bond acceptors (Lipinski definition) is 3. The maximum atomic E-state index is 13.9. The van der Waals surface area contributed by atoms with Crippen molar-refractivity contribution in [3.63, 3.8) is 0 Å². The van der Waals surface area contributed by atoms with Crippen LogP contribution >= 0.6 is 0 Å². The van der Waals surface area contributed by atoms with Gasteiger partial charge in [0.2, 0.25) is 5.91 Å². The van der Waals surface area contributed by atoms with Crippen molar-refractivity contribution >= 4 is 17.6 Å². The van der Waals surface area contributed by atoms with Gasteiger partial charge in [0, 0.05) is 24.4 Å². The third-order valence-corrected chi connectivity index (χ3v) is 6.06. The van der Waals surface area contributed by atoms with Gasteiger partial charge in [0.05, 0.1) is 24.4 Å². The number of rotatable bonds is 4. The van der Waals surface area contributed by atoms with Crippen molar-refractivity contribution in [2.24, 2.45) is 0 Å². The van der Waals surface area contributed by atoms with Crippen LogP contribution in [0.15, 0.2) is 48.5 Å². The second-order valence-corrected chi connectivity index (χ2v) is 8.11. The van der Waals surface area contributed by atoms with Gasteiger partial charge >= 0.3 is 6.03 Å². The maximum Gasteiger partial charge on any atom is 0.322 e. The highest BCUT2D eigenvalue weighted by molar-refractivity contribution is 5.93. The van der Waals surface area contributed by atoms with E-state index in [1.165, 1.54) is 17.0 Å². The van der Waals surface area contributed by atoms with E-state index < -0.39 is 11.8 Å². The second-order valence-electron chi connectivity index (χ2n) is 8.11. The topological polar surface area (TPSA) is 72.9 Å². The molecular formula is C25H26FN3O3. The van der Waals surface area contributed by atoms with Gasteiger partial charge in [-0.2, -0.15) is 0 Å². The lowest BCUT2D eigenvalue weighted by molar-refractivity contribution is -0.159. The number of unbranched alkanes of at least 4 members (excludes halogenated alkanes) is 1. The van der Waals surface area contributed by atoms with E-state index in [0.717, 1.165) is 24.0 Å². The Kier molecular flexibility index (Phi) is 6.42. The molecule has 0 saturated carbocycles. The second kappa shape index (κ2) is 9.41. The average Bonchev–Trinajstić information content (AvgIpc) is 2.78. The van der Waals surface area contributed by atoms with Gasteiger partial charge in [-0.3, -0.25) is 4.79 Å². The van der Waals surface area contributed by atoms with Crippen molar-refractivity contribution in [3.05, 3.63) is 65.5 Å². The fourth-order valence-electron chi connectivity index (χ4n) is 4.49. The minimum Gasteiger partial charge on any atom is -0.394 e. The number of amides is 3.